The smallest absolute Gasteiger partial charge is 0.124 e. The van der Waals surface area contributed by atoms with Gasteiger partial charge in [-0.3, -0.25) is 0 Å². The number of hydrogen-bond donors (Lipinski definition) is 2. The lowest BCUT2D eigenvalue weighted by Gasteiger charge is -2.39. The highest BCUT2D eigenvalue weighted by molar-refractivity contribution is 5.52. The maximum Gasteiger partial charge on any atom is 0.124 e. The van der Waals surface area contributed by atoms with Crippen LogP contribution in [0.4, 0.5) is 5.69 Å². The molecule has 106 valence electrons. The number of aliphatic hydroxyl groups excluding tert-OH is 1. The molecule has 1 fully saturated rings. The highest BCUT2D eigenvalue weighted by Gasteiger charge is 2.30. The minimum absolute atomic E-state index is 0.0180. The van der Waals surface area contributed by atoms with Crippen molar-refractivity contribution in [2.45, 2.75) is 46.3 Å². The van der Waals surface area contributed by atoms with E-state index >= 15 is 0 Å². The molecule has 0 spiro atoms. The Morgan fingerprint density at radius 3 is 2.68 bits per heavy atom. The van der Waals surface area contributed by atoms with Gasteiger partial charge in [0.25, 0.3) is 0 Å². The predicted octanol–water partition coefficient (Wildman–Crippen LogP) is 3.42. The highest BCUT2D eigenvalue weighted by Crippen LogP contribution is 2.36. The van der Waals surface area contributed by atoms with Gasteiger partial charge in [0.15, 0.2) is 0 Å². The Bertz CT molecular complexity index is 411. The summed E-state index contributed by atoms with van der Waals surface area (Å²) in [4.78, 5) is 0. The summed E-state index contributed by atoms with van der Waals surface area (Å²) in [7, 11) is 0. The molecule has 0 aromatic heterocycles. The molecular formula is C16H25NO2. The second kappa shape index (κ2) is 6.29. The third-order valence-electron chi connectivity index (χ3n) is 4.02. The molecule has 0 atom stereocenters. The van der Waals surface area contributed by atoms with Crippen LogP contribution in [0.2, 0.25) is 0 Å². The standard InChI is InChI=1S/C16H25NO2/c1-4-19-16-6-5-14(9-13(16)10-18)17-15-7-12(8-15)11(2)3/h5-6,9,11-12,15,17-18H,4,7-8,10H2,1-3H3. The van der Waals surface area contributed by atoms with Gasteiger partial charge in [-0.2, -0.15) is 0 Å². The Balaban J connectivity index is 1.95. The summed E-state index contributed by atoms with van der Waals surface area (Å²) in [5.41, 5.74) is 1.94. The van der Waals surface area contributed by atoms with Crippen molar-refractivity contribution in [2.75, 3.05) is 11.9 Å². The minimum atomic E-state index is 0.0180. The van der Waals surface area contributed by atoms with Gasteiger partial charge in [-0.1, -0.05) is 13.8 Å². The van der Waals surface area contributed by atoms with Crippen molar-refractivity contribution in [3.05, 3.63) is 23.8 Å². The molecule has 1 saturated carbocycles. The topological polar surface area (TPSA) is 41.5 Å². The number of nitrogens with one attached hydrogen (secondary N) is 1. The third-order valence-corrected chi connectivity index (χ3v) is 4.02. The van der Waals surface area contributed by atoms with E-state index in [-0.39, 0.29) is 6.61 Å². The Morgan fingerprint density at radius 1 is 1.37 bits per heavy atom. The van der Waals surface area contributed by atoms with Crippen molar-refractivity contribution in [1.29, 1.82) is 0 Å². The van der Waals surface area contributed by atoms with Gasteiger partial charge in [0.1, 0.15) is 5.75 Å². The van der Waals surface area contributed by atoms with Crippen LogP contribution in [0.15, 0.2) is 18.2 Å². The highest BCUT2D eigenvalue weighted by atomic mass is 16.5. The first-order chi connectivity index (χ1) is 9.13. The predicted molar refractivity (Wildman–Crippen MR) is 78.5 cm³/mol. The van der Waals surface area contributed by atoms with Crippen LogP contribution in [0, 0.1) is 11.8 Å². The average Bonchev–Trinajstić information content (AvgIpc) is 2.34. The van der Waals surface area contributed by atoms with Gasteiger partial charge >= 0.3 is 0 Å². The Kier molecular flexibility index (Phi) is 4.70. The molecule has 0 bridgehead atoms. The van der Waals surface area contributed by atoms with Crippen molar-refractivity contribution in [3.8, 4) is 5.75 Å². The molecule has 1 aromatic rings. The molecule has 0 saturated heterocycles. The lowest BCUT2D eigenvalue weighted by atomic mass is 9.73. The van der Waals surface area contributed by atoms with Crippen molar-refractivity contribution >= 4 is 5.69 Å². The van der Waals surface area contributed by atoms with E-state index in [1.807, 2.05) is 25.1 Å². The summed E-state index contributed by atoms with van der Waals surface area (Å²) in [6, 6.07) is 6.55. The lowest BCUT2D eigenvalue weighted by molar-refractivity contribution is 0.211. The van der Waals surface area contributed by atoms with E-state index in [1.54, 1.807) is 0 Å². The first kappa shape index (κ1) is 14.2. The molecular weight excluding hydrogens is 238 g/mol. The van der Waals surface area contributed by atoms with Gasteiger partial charge < -0.3 is 15.2 Å². The summed E-state index contributed by atoms with van der Waals surface area (Å²) >= 11 is 0. The number of rotatable bonds is 6. The SMILES string of the molecule is CCOc1ccc(NC2CC(C(C)C)C2)cc1CO. The molecule has 19 heavy (non-hydrogen) atoms. The lowest BCUT2D eigenvalue weighted by Crippen LogP contribution is -2.37. The number of ether oxygens (including phenoxy) is 1. The second-order valence-corrected chi connectivity index (χ2v) is 5.73. The van der Waals surface area contributed by atoms with Crippen LogP contribution in [0.1, 0.15) is 39.2 Å². The van der Waals surface area contributed by atoms with Crippen molar-refractivity contribution in [1.82, 2.24) is 0 Å². The van der Waals surface area contributed by atoms with E-state index in [1.165, 1.54) is 12.8 Å². The van der Waals surface area contributed by atoms with E-state index in [9.17, 15) is 5.11 Å². The molecule has 1 aliphatic rings. The molecule has 0 unspecified atom stereocenters. The van der Waals surface area contributed by atoms with E-state index in [2.05, 4.69) is 19.2 Å². The normalized spacial score (nSPS) is 22.2. The zero-order valence-electron chi connectivity index (χ0n) is 12.1. The quantitative estimate of drug-likeness (QED) is 0.826. The largest absolute Gasteiger partial charge is 0.494 e. The van der Waals surface area contributed by atoms with E-state index in [4.69, 9.17) is 4.74 Å². The van der Waals surface area contributed by atoms with Crippen LogP contribution < -0.4 is 10.1 Å². The van der Waals surface area contributed by atoms with Gasteiger partial charge in [-0.05, 0) is 49.8 Å². The summed E-state index contributed by atoms with van der Waals surface area (Å²) in [5, 5.41) is 12.9. The summed E-state index contributed by atoms with van der Waals surface area (Å²) in [6.45, 7) is 7.18. The summed E-state index contributed by atoms with van der Waals surface area (Å²) in [5.74, 6) is 2.42. The molecule has 3 heteroatoms. The number of anilines is 1. The zero-order valence-corrected chi connectivity index (χ0v) is 12.1. The van der Waals surface area contributed by atoms with Crippen molar-refractivity contribution in [3.63, 3.8) is 0 Å². The van der Waals surface area contributed by atoms with Crippen LogP contribution in [0.5, 0.6) is 5.75 Å². The van der Waals surface area contributed by atoms with Gasteiger partial charge in [0, 0.05) is 17.3 Å². The molecule has 0 aliphatic heterocycles. The van der Waals surface area contributed by atoms with Crippen LogP contribution in [-0.2, 0) is 6.61 Å². The van der Waals surface area contributed by atoms with E-state index in [0.717, 1.165) is 28.8 Å². The van der Waals surface area contributed by atoms with Crippen molar-refractivity contribution in [2.24, 2.45) is 11.8 Å². The van der Waals surface area contributed by atoms with Crippen LogP contribution >= 0.6 is 0 Å². The van der Waals surface area contributed by atoms with Crippen LogP contribution in [0.25, 0.3) is 0 Å². The maximum absolute atomic E-state index is 9.38. The van der Waals surface area contributed by atoms with Gasteiger partial charge in [-0.15, -0.1) is 0 Å². The maximum atomic E-state index is 9.38. The molecule has 2 N–H and O–H groups in total. The van der Waals surface area contributed by atoms with E-state index in [0.29, 0.717) is 12.6 Å². The summed E-state index contributed by atoms with van der Waals surface area (Å²) in [6.07, 6.45) is 2.50. The molecule has 1 aliphatic carbocycles. The van der Waals surface area contributed by atoms with Gasteiger partial charge in [-0.25, -0.2) is 0 Å². The van der Waals surface area contributed by atoms with Gasteiger partial charge in [0.2, 0.25) is 0 Å². The fraction of sp³-hybridized carbons (Fsp3) is 0.625. The van der Waals surface area contributed by atoms with E-state index < -0.39 is 0 Å². The monoisotopic (exact) mass is 263 g/mol. The molecule has 3 nitrogen and oxygen atoms in total. The molecule has 1 aromatic carbocycles. The first-order valence-electron chi connectivity index (χ1n) is 7.27. The molecule has 2 rings (SSSR count). The van der Waals surface area contributed by atoms with Crippen LogP contribution in [0.3, 0.4) is 0 Å². The Labute approximate surface area is 116 Å². The van der Waals surface area contributed by atoms with Gasteiger partial charge in [0.05, 0.1) is 13.2 Å². The number of aliphatic hydroxyl groups is 1. The second-order valence-electron chi connectivity index (χ2n) is 5.73. The minimum Gasteiger partial charge on any atom is -0.494 e. The van der Waals surface area contributed by atoms with Crippen LogP contribution in [-0.4, -0.2) is 17.8 Å². The fourth-order valence-corrected chi connectivity index (χ4v) is 2.65. The summed E-state index contributed by atoms with van der Waals surface area (Å²) < 4.78 is 5.49. The van der Waals surface area contributed by atoms with Crippen molar-refractivity contribution < 1.29 is 9.84 Å². The third kappa shape index (κ3) is 3.41. The Hall–Kier alpha value is -1.22. The Morgan fingerprint density at radius 2 is 2.11 bits per heavy atom. The molecule has 0 heterocycles. The first-order valence-corrected chi connectivity index (χ1v) is 7.27. The number of benzene rings is 1. The molecule has 0 amide bonds. The average molecular weight is 263 g/mol. The fourth-order valence-electron chi connectivity index (χ4n) is 2.65. The zero-order chi connectivity index (χ0) is 13.8. The molecule has 0 radical (unpaired) electrons. The number of hydrogen-bond acceptors (Lipinski definition) is 3.